The fraction of sp³-hybridized carbons (Fsp3) is 0.487. The molecule has 2 saturated heterocycles. The normalized spacial score (nSPS) is 19.3. The molecular weight excluding hydrogens is 691 g/mol. The van der Waals surface area contributed by atoms with Gasteiger partial charge in [-0.1, -0.05) is 47.5 Å². The van der Waals surface area contributed by atoms with E-state index < -0.39 is 5.60 Å². The molecule has 0 saturated carbocycles. The lowest BCUT2D eigenvalue weighted by molar-refractivity contribution is -0.0372. The van der Waals surface area contributed by atoms with Crippen LogP contribution in [0.3, 0.4) is 0 Å². The molecule has 1 N–H and O–H groups in total. The summed E-state index contributed by atoms with van der Waals surface area (Å²) in [5.41, 5.74) is 1.06. The number of carbonyl (C=O) groups is 1. The van der Waals surface area contributed by atoms with Crippen LogP contribution in [0.25, 0.3) is 6.08 Å². The van der Waals surface area contributed by atoms with Crippen molar-refractivity contribution in [3.63, 3.8) is 0 Å². The van der Waals surface area contributed by atoms with Gasteiger partial charge in [-0.15, -0.1) is 0 Å². The summed E-state index contributed by atoms with van der Waals surface area (Å²) in [5, 5.41) is 13.0. The van der Waals surface area contributed by atoms with Crippen molar-refractivity contribution in [2.24, 2.45) is 0 Å². The number of benzene rings is 2. The molecule has 0 radical (unpaired) electrons. The standard InChI is InChI=1S/C39H50Cl2N4O6/c1-6-8-9-10-30-26-42-37(45(30)21-22-51-7-2)39(47)15-18-43(19-16-39)17-13-38(29-11-12-31(40)32(41)25-29)14-20-44(27-38)36(46)28-23-33(48-3)35(50-5)34(24-28)49-4/h6,8-12,23-26,47H,7,13-22,27H2,1-5H3. The Morgan fingerprint density at radius 1 is 0.961 bits per heavy atom. The molecule has 3 heterocycles. The second kappa shape index (κ2) is 17.3. The average molecular weight is 742 g/mol. The van der Waals surface area contributed by atoms with E-state index in [1.165, 1.54) is 21.3 Å². The smallest absolute Gasteiger partial charge is 0.254 e. The van der Waals surface area contributed by atoms with Crippen LogP contribution in [0.2, 0.25) is 10.0 Å². The second-order valence-electron chi connectivity index (χ2n) is 13.2. The number of allylic oxidation sites excluding steroid dienone is 3. The first-order chi connectivity index (χ1) is 24.6. The number of aliphatic hydroxyl groups is 1. The molecular formula is C39H50Cl2N4O6. The molecule has 51 heavy (non-hydrogen) atoms. The van der Waals surface area contributed by atoms with Crippen LogP contribution in [-0.2, 0) is 22.3 Å². The summed E-state index contributed by atoms with van der Waals surface area (Å²) in [5.74, 6) is 1.87. The summed E-state index contributed by atoms with van der Waals surface area (Å²) in [6, 6.07) is 9.20. The Labute approximate surface area is 311 Å². The number of methoxy groups -OCH3 is 3. The molecule has 1 unspecified atom stereocenters. The van der Waals surface area contributed by atoms with Crippen molar-refractivity contribution >= 4 is 35.2 Å². The zero-order valence-electron chi connectivity index (χ0n) is 30.3. The first-order valence-electron chi connectivity index (χ1n) is 17.5. The fourth-order valence-corrected chi connectivity index (χ4v) is 7.58. The van der Waals surface area contributed by atoms with Gasteiger partial charge < -0.3 is 38.4 Å². The molecule has 10 nitrogen and oxygen atoms in total. The fourth-order valence-electron chi connectivity index (χ4n) is 7.28. The molecule has 1 amide bonds. The lowest BCUT2D eigenvalue weighted by Crippen LogP contribution is -2.46. The largest absolute Gasteiger partial charge is 0.493 e. The highest BCUT2D eigenvalue weighted by Crippen LogP contribution is 2.43. The lowest BCUT2D eigenvalue weighted by atomic mass is 9.76. The molecule has 0 bridgehead atoms. The number of hydrogen-bond acceptors (Lipinski definition) is 8. The summed E-state index contributed by atoms with van der Waals surface area (Å²) >= 11 is 12.9. The van der Waals surface area contributed by atoms with E-state index in [4.69, 9.17) is 47.1 Å². The van der Waals surface area contributed by atoms with Crippen molar-refractivity contribution in [3.05, 3.63) is 87.4 Å². The molecule has 1 aromatic heterocycles. The number of piperidine rings is 1. The molecule has 2 aliphatic heterocycles. The summed E-state index contributed by atoms with van der Waals surface area (Å²) < 4.78 is 24.3. The number of halogens is 2. The maximum absolute atomic E-state index is 14.0. The van der Waals surface area contributed by atoms with Crippen LogP contribution in [0.15, 0.2) is 54.8 Å². The Balaban J connectivity index is 1.33. The third-order valence-electron chi connectivity index (χ3n) is 10.2. The van der Waals surface area contributed by atoms with Gasteiger partial charge in [0.1, 0.15) is 11.4 Å². The van der Waals surface area contributed by atoms with Gasteiger partial charge in [-0.25, -0.2) is 4.98 Å². The van der Waals surface area contributed by atoms with E-state index in [1.54, 1.807) is 12.1 Å². The summed E-state index contributed by atoms with van der Waals surface area (Å²) in [6.07, 6.45) is 12.5. The molecule has 3 aromatic rings. The predicted octanol–water partition coefficient (Wildman–Crippen LogP) is 7.00. The van der Waals surface area contributed by atoms with E-state index in [1.807, 2.05) is 67.4 Å². The molecule has 1 atom stereocenters. The number of imidazole rings is 1. The van der Waals surface area contributed by atoms with E-state index in [9.17, 15) is 9.90 Å². The van der Waals surface area contributed by atoms with Gasteiger partial charge in [-0.3, -0.25) is 4.79 Å². The lowest BCUT2D eigenvalue weighted by Gasteiger charge is -2.40. The van der Waals surface area contributed by atoms with Crippen molar-refractivity contribution in [1.82, 2.24) is 19.4 Å². The van der Waals surface area contributed by atoms with Gasteiger partial charge in [-0.05, 0) is 82.0 Å². The Morgan fingerprint density at radius 2 is 1.69 bits per heavy atom. The zero-order valence-corrected chi connectivity index (χ0v) is 31.8. The Bertz CT molecular complexity index is 1690. The number of rotatable bonds is 15. The van der Waals surface area contributed by atoms with E-state index >= 15 is 0 Å². The van der Waals surface area contributed by atoms with Crippen LogP contribution >= 0.6 is 23.2 Å². The Morgan fingerprint density at radius 3 is 2.31 bits per heavy atom. The highest BCUT2D eigenvalue weighted by Gasteiger charge is 2.43. The van der Waals surface area contributed by atoms with Crippen LogP contribution < -0.4 is 14.2 Å². The first-order valence-corrected chi connectivity index (χ1v) is 18.3. The van der Waals surface area contributed by atoms with Crippen LogP contribution in [0.5, 0.6) is 17.2 Å². The maximum Gasteiger partial charge on any atom is 0.254 e. The predicted molar refractivity (Wildman–Crippen MR) is 202 cm³/mol. The van der Waals surface area contributed by atoms with Crippen LogP contribution in [0.1, 0.15) is 67.0 Å². The first kappa shape index (κ1) is 38.7. The van der Waals surface area contributed by atoms with Gasteiger partial charge in [0.25, 0.3) is 5.91 Å². The summed E-state index contributed by atoms with van der Waals surface area (Å²) in [6.45, 7) is 9.05. The summed E-state index contributed by atoms with van der Waals surface area (Å²) in [7, 11) is 4.61. The number of likely N-dealkylation sites (tertiary alicyclic amines) is 2. The number of ether oxygens (including phenoxy) is 4. The average Bonchev–Trinajstić information content (AvgIpc) is 3.77. The number of hydrogen-bond donors (Lipinski definition) is 1. The van der Waals surface area contributed by atoms with Crippen LogP contribution in [0, 0.1) is 0 Å². The number of nitrogens with zero attached hydrogens (tertiary/aromatic N) is 4. The molecule has 2 aliphatic rings. The van der Waals surface area contributed by atoms with Gasteiger partial charge in [-0.2, -0.15) is 0 Å². The molecule has 5 rings (SSSR count). The van der Waals surface area contributed by atoms with Gasteiger partial charge in [0.05, 0.1) is 49.9 Å². The number of amides is 1. The third kappa shape index (κ3) is 8.58. The number of aromatic nitrogens is 2. The minimum absolute atomic E-state index is 0.112. The monoisotopic (exact) mass is 740 g/mol. The second-order valence-corrected chi connectivity index (χ2v) is 14.0. The molecule has 2 aromatic carbocycles. The zero-order chi connectivity index (χ0) is 36.6. The van der Waals surface area contributed by atoms with Crippen molar-refractivity contribution in [2.75, 3.05) is 67.3 Å². The van der Waals surface area contributed by atoms with Crippen molar-refractivity contribution in [1.29, 1.82) is 0 Å². The van der Waals surface area contributed by atoms with Gasteiger partial charge >= 0.3 is 0 Å². The quantitative estimate of drug-likeness (QED) is 0.132. The van der Waals surface area contributed by atoms with E-state index in [-0.39, 0.29) is 11.3 Å². The molecule has 276 valence electrons. The van der Waals surface area contributed by atoms with E-state index in [2.05, 4.69) is 9.47 Å². The van der Waals surface area contributed by atoms with Crippen molar-refractivity contribution < 1.29 is 28.8 Å². The van der Waals surface area contributed by atoms with Gasteiger partial charge in [0.15, 0.2) is 11.5 Å². The van der Waals surface area contributed by atoms with Gasteiger partial charge in [0.2, 0.25) is 5.75 Å². The van der Waals surface area contributed by atoms with Gasteiger partial charge in [0, 0.05) is 50.3 Å². The topological polar surface area (TPSA) is 98.5 Å². The molecule has 12 heteroatoms. The molecule has 0 spiro atoms. The Kier molecular flexibility index (Phi) is 13.1. The molecule has 0 aliphatic carbocycles. The van der Waals surface area contributed by atoms with Crippen LogP contribution in [0.4, 0.5) is 0 Å². The van der Waals surface area contributed by atoms with Crippen LogP contribution in [-0.4, -0.2) is 97.6 Å². The molecule has 2 fully saturated rings. The van der Waals surface area contributed by atoms with Crippen molar-refractivity contribution in [2.45, 2.75) is 57.1 Å². The highest BCUT2D eigenvalue weighted by atomic mass is 35.5. The Hall–Kier alpha value is -3.54. The SMILES string of the molecule is CC=CC=Cc1cnc(C2(O)CCN(CCC3(c4ccc(Cl)c(Cl)c4)CCN(C(=O)c4cc(OC)c(OC)c(OC)c4)C3)CC2)n1CCOCC. The van der Waals surface area contributed by atoms with Crippen molar-refractivity contribution in [3.8, 4) is 17.2 Å². The number of carbonyl (C=O) groups excluding carboxylic acids is 1. The minimum atomic E-state index is -1.05. The van der Waals surface area contributed by atoms with E-state index in [0.717, 1.165) is 30.6 Å². The van der Waals surface area contributed by atoms with E-state index in [0.29, 0.717) is 97.5 Å². The minimum Gasteiger partial charge on any atom is -0.493 e. The third-order valence-corrected chi connectivity index (χ3v) is 11.0. The highest BCUT2D eigenvalue weighted by molar-refractivity contribution is 6.42. The maximum atomic E-state index is 14.0. The summed E-state index contributed by atoms with van der Waals surface area (Å²) in [4.78, 5) is 23.0.